The van der Waals surface area contributed by atoms with E-state index < -0.39 is 0 Å². The van der Waals surface area contributed by atoms with Crippen molar-refractivity contribution >= 4 is 11.6 Å². The molecule has 3 rings (SSSR count). The maximum Gasteiger partial charge on any atom is 0.274 e. The van der Waals surface area contributed by atoms with E-state index in [0.29, 0.717) is 12.2 Å². The van der Waals surface area contributed by atoms with Crippen molar-refractivity contribution in [3.8, 4) is 0 Å². The van der Waals surface area contributed by atoms with Crippen molar-refractivity contribution in [3.05, 3.63) is 63.6 Å². The van der Waals surface area contributed by atoms with Crippen LogP contribution in [0.25, 0.3) is 0 Å². The number of nitrogens with one attached hydrogen (secondary N) is 1. The van der Waals surface area contributed by atoms with E-state index in [-0.39, 0.29) is 11.5 Å². The molecule has 1 amide bonds. The van der Waals surface area contributed by atoms with E-state index >= 15 is 0 Å². The topological polar surface area (TPSA) is 53.2 Å². The third-order valence-corrected chi connectivity index (χ3v) is 3.66. The number of fused-ring (bicyclic) bond motifs is 1. The molecule has 0 spiro atoms. The molecule has 1 N–H and O–H groups in total. The molecular formula is C16H16N2O2. The number of carbonyl (C=O) groups is 1. The minimum absolute atomic E-state index is 0.141. The van der Waals surface area contributed by atoms with Crippen LogP contribution in [-0.4, -0.2) is 17.4 Å². The number of amides is 1. The maximum atomic E-state index is 12.6. The zero-order chi connectivity index (χ0) is 14.1. The Kier molecular flexibility index (Phi) is 3.14. The first-order valence-corrected chi connectivity index (χ1v) is 6.76. The van der Waals surface area contributed by atoms with E-state index in [1.54, 1.807) is 17.0 Å². The van der Waals surface area contributed by atoms with Crippen molar-refractivity contribution < 1.29 is 4.79 Å². The summed E-state index contributed by atoms with van der Waals surface area (Å²) in [7, 11) is 0. The second kappa shape index (κ2) is 4.96. The number of carbonyl (C=O) groups excluding carboxylic acids is 1. The third kappa shape index (κ3) is 2.13. The van der Waals surface area contributed by atoms with Gasteiger partial charge in [0, 0.05) is 12.6 Å². The summed E-state index contributed by atoms with van der Waals surface area (Å²) in [6.45, 7) is 2.70. The molecule has 0 fully saturated rings. The van der Waals surface area contributed by atoms with Crippen molar-refractivity contribution in [1.29, 1.82) is 0 Å². The molecular weight excluding hydrogens is 252 g/mol. The van der Waals surface area contributed by atoms with Crippen LogP contribution in [-0.2, 0) is 6.42 Å². The molecule has 0 aliphatic carbocycles. The number of hydrogen-bond acceptors (Lipinski definition) is 2. The summed E-state index contributed by atoms with van der Waals surface area (Å²) in [6.07, 6.45) is 1.94. The zero-order valence-corrected chi connectivity index (χ0v) is 11.3. The minimum Gasteiger partial charge on any atom is -0.318 e. The van der Waals surface area contributed by atoms with Gasteiger partial charge in [0.1, 0.15) is 5.69 Å². The van der Waals surface area contributed by atoms with Gasteiger partial charge < -0.3 is 9.88 Å². The number of H-pyrrole nitrogens is 1. The molecule has 0 radical (unpaired) electrons. The Morgan fingerprint density at radius 3 is 2.80 bits per heavy atom. The molecule has 0 unspecified atom stereocenters. The lowest BCUT2D eigenvalue weighted by atomic mass is 9.98. The lowest BCUT2D eigenvalue weighted by Crippen LogP contribution is -2.37. The van der Waals surface area contributed by atoms with Crippen LogP contribution in [0.15, 0.2) is 41.2 Å². The van der Waals surface area contributed by atoms with E-state index in [9.17, 15) is 9.59 Å². The first-order chi connectivity index (χ1) is 9.66. The van der Waals surface area contributed by atoms with Gasteiger partial charge in [0.2, 0.25) is 5.56 Å². The van der Waals surface area contributed by atoms with Gasteiger partial charge in [-0.05, 0) is 37.0 Å². The zero-order valence-electron chi connectivity index (χ0n) is 11.3. The summed E-state index contributed by atoms with van der Waals surface area (Å²) in [5.41, 5.74) is 3.37. The molecule has 0 atom stereocenters. The molecule has 0 saturated heterocycles. The standard InChI is InChI=1S/C16H16N2O2/c1-11-5-2-6-12-7-4-10-18(15(11)12)16(20)13-8-3-9-14(19)17-13/h2-3,5-6,8-9H,4,7,10H2,1H3,(H,17,19). The predicted octanol–water partition coefficient (Wildman–Crippen LogP) is 2.28. The van der Waals surface area contributed by atoms with Crippen LogP contribution < -0.4 is 10.5 Å². The molecule has 1 aromatic heterocycles. The normalized spacial score (nSPS) is 13.9. The summed E-state index contributed by atoms with van der Waals surface area (Å²) < 4.78 is 0. The van der Waals surface area contributed by atoms with Crippen LogP contribution in [0.3, 0.4) is 0 Å². The lowest BCUT2D eigenvalue weighted by Gasteiger charge is -2.31. The van der Waals surface area contributed by atoms with Crippen molar-refractivity contribution in [3.63, 3.8) is 0 Å². The number of aromatic nitrogens is 1. The van der Waals surface area contributed by atoms with Gasteiger partial charge in [-0.2, -0.15) is 0 Å². The third-order valence-electron chi connectivity index (χ3n) is 3.66. The summed E-state index contributed by atoms with van der Waals surface area (Å²) in [5.74, 6) is -0.141. The van der Waals surface area contributed by atoms with Gasteiger partial charge in [-0.15, -0.1) is 0 Å². The monoisotopic (exact) mass is 268 g/mol. The van der Waals surface area contributed by atoms with Crippen LogP contribution in [0.4, 0.5) is 5.69 Å². The Morgan fingerprint density at radius 1 is 1.20 bits per heavy atom. The number of nitrogens with zero attached hydrogens (tertiary/aromatic N) is 1. The highest BCUT2D eigenvalue weighted by Crippen LogP contribution is 2.31. The Morgan fingerprint density at radius 2 is 2.00 bits per heavy atom. The first-order valence-electron chi connectivity index (χ1n) is 6.76. The van der Waals surface area contributed by atoms with E-state index in [2.05, 4.69) is 11.1 Å². The van der Waals surface area contributed by atoms with Gasteiger partial charge in [-0.1, -0.05) is 24.3 Å². The lowest BCUT2D eigenvalue weighted by molar-refractivity contribution is 0.0980. The van der Waals surface area contributed by atoms with E-state index in [1.807, 2.05) is 19.1 Å². The quantitative estimate of drug-likeness (QED) is 0.862. The number of anilines is 1. The number of para-hydroxylation sites is 1. The molecule has 102 valence electrons. The fraction of sp³-hybridized carbons (Fsp3) is 0.250. The number of benzene rings is 1. The predicted molar refractivity (Wildman–Crippen MR) is 78.2 cm³/mol. The Labute approximate surface area is 117 Å². The van der Waals surface area contributed by atoms with Crippen LogP contribution in [0, 0.1) is 6.92 Å². The van der Waals surface area contributed by atoms with Gasteiger partial charge in [0.15, 0.2) is 0 Å². The molecule has 2 heterocycles. The summed E-state index contributed by atoms with van der Waals surface area (Å²) >= 11 is 0. The number of rotatable bonds is 1. The van der Waals surface area contributed by atoms with Crippen molar-refractivity contribution in [2.75, 3.05) is 11.4 Å². The molecule has 1 aromatic carbocycles. The van der Waals surface area contributed by atoms with E-state index in [4.69, 9.17) is 0 Å². The summed E-state index contributed by atoms with van der Waals surface area (Å²) in [4.78, 5) is 28.4. The average Bonchev–Trinajstić information content (AvgIpc) is 2.46. The highest BCUT2D eigenvalue weighted by Gasteiger charge is 2.25. The van der Waals surface area contributed by atoms with E-state index in [0.717, 1.165) is 24.1 Å². The molecule has 4 nitrogen and oxygen atoms in total. The average molecular weight is 268 g/mol. The Hall–Kier alpha value is -2.36. The SMILES string of the molecule is Cc1cccc2c1N(C(=O)c1cccc(=O)[nH]1)CCC2. The molecule has 20 heavy (non-hydrogen) atoms. The van der Waals surface area contributed by atoms with Gasteiger partial charge in [-0.3, -0.25) is 9.59 Å². The Balaban J connectivity index is 2.05. The van der Waals surface area contributed by atoms with E-state index in [1.165, 1.54) is 11.6 Å². The van der Waals surface area contributed by atoms with Gasteiger partial charge >= 0.3 is 0 Å². The highest BCUT2D eigenvalue weighted by atomic mass is 16.2. The second-order valence-electron chi connectivity index (χ2n) is 5.07. The molecule has 4 heteroatoms. The van der Waals surface area contributed by atoms with Crippen molar-refractivity contribution in [2.24, 2.45) is 0 Å². The van der Waals surface area contributed by atoms with Crippen molar-refractivity contribution in [1.82, 2.24) is 4.98 Å². The number of aryl methyl sites for hydroxylation is 2. The highest BCUT2D eigenvalue weighted by molar-refractivity contribution is 6.05. The molecule has 0 bridgehead atoms. The summed E-state index contributed by atoms with van der Waals surface area (Å²) in [5, 5.41) is 0. The molecule has 2 aromatic rings. The number of aromatic amines is 1. The van der Waals surface area contributed by atoms with Crippen LogP contribution in [0.1, 0.15) is 28.0 Å². The van der Waals surface area contributed by atoms with Crippen LogP contribution in [0.2, 0.25) is 0 Å². The Bertz CT molecular complexity index is 718. The van der Waals surface area contributed by atoms with Crippen molar-refractivity contribution in [2.45, 2.75) is 19.8 Å². The summed E-state index contributed by atoms with van der Waals surface area (Å²) in [6, 6.07) is 10.8. The molecule has 1 aliphatic heterocycles. The maximum absolute atomic E-state index is 12.6. The van der Waals surface area contributed by atoms with Gasteiger partial charge in [-0.25, -0.2) is 0 Å². The second-order valence-corrected chi connectivity index (χ2v) is 5.07. The largest absolute Gasteiger partial charge is 0.318 e. The fourth-order valence-electron chi connectivity index (χ4n) is 2.77. The van der Waals surface area contributed by atoms with Gasteiger partial charge in [0.25, 0.3) is 5.91 Å². The fourth-order valence-corrected chi connectivity index (χ4v) is 2.77. The number of hydrogen-bond donors (Lipinski definition) is 1. The molecule has 0 saturated carbocycles. The minimum atomic E-state index is -0.252. The number of pyridine rings is 1. The molecule has 1 aliphatic rings. The first kappa shape index (κ1) is 12.7. The van der Waals surface area contributed by atoms with Crippen LogP contribution >= 0.6 is 0 Å². The van der Waals surface area contributed by atoms with Gasteiger partial charge in [0.05, 0.1) is 5.69 Å². The smallest absolute Gasteiger partial charge is 0.274 e. The van der Waals surface area contributed by atoms with Crippen LogP contribution in [0.5, 0.6) is 0 Å².